The van der Waals surface area contributed by atoms with Crippen molar-refractivity contribution in [3.05, 3.63) is 47.5 Å². The lowest BCUT2D eigenvalue weighted by Crippen LogP contribution is -2.64. The molecule has 14 heteroatoms. The second-order valence-electron chi connectivity index (χ2n) is 10.2. The van der Waals surface area contributed by atoms with E-state index in [0.29, 0.717) is 5.56 Å². The van der Waals surface area contributed by atoms with E-state index in [1.165, 1.54) is 25.1 Å². The first-order valence-electron chi connectivity index (χ1n) is 13.0. The Morgan fingerprint density at radius 3 is 2.27 bits per heavy atom. The van der Waals surface area contributed by atoms with Crippen LogP contribution in [0.2, 0.25) is 0 Å². The zero-order chi connectivity index (χ0) is 29.6. The molecule has 41 heavy (non-hydrogen) atoms. The van der Waals surface area contributed by atoms with Crippen LogP contribution in [0.4, 0.5) is 0 Å². The van der Waals surface area contributed by atoms with Crippen molar-refractivity contribution in [3.63, 3.8) is 0 Å². The summed E-state index contributed by atoms with van der Waals surface area (Å²) < 4.78 is 28.6. The number of fused-ring (bicyclic) bond motifs is 1. The van der Waals surface area contributed by atoms with Gasteiger partial charge in [0.2, 0.25) is 6.29 Å². The quantitative estimate of drug-likeness (QED) is 0.202. The van der Waals surface area contributed by atoms with Gasteiger partial charge in [0.1, 0.15) is 71.3 Å². The van der Waals surface area contributed by atoms with E-state index in [9.17, 15) is 45.6 Å². The largest absolute Gasteiger partial charge is 0.508 e. The number of phenolic OH excluding ortho intramolecular Hbond substituents is 2. The highest BCUT2D eigenvalue weighted by Gasteiger charge is 2.51. The first kappa shape index (κ1) is 29.4. The third-order valence-corrected chi connectivity index (χ3v) is 7.42. The third-order valence-electron chi connectivity index (χ3n) is 7.42. The van der Waals surface area contributed by atoms with Crippen molar-refractivity contribution in [2.75, 3.05) is 6.61 Å². The Morgan fingerprint density at radius 2 is 1.59 bits per heavy atom. The topological polar surface area (TPSA) is 225 Å². The summed E-state index contributed by atoms with van der Waals surface area (Å²) in [7, 11) is 0. The van der Waals surface area contributed by atoms with Crippen LogP contribution < -0.4 is 9.47 Å². The zero-order valence-electron chi connectivity index (χ0n) is 21.8. The molecule has 2 aromatic rings. The van der Waals surface area contributed by atoms with Gasteiger partial charge >= 0.3 is 0 Å². The van der Waals surface area contributed by atoms with Crippen LogP contribution in [0.25, 0.3) is 0 Å². The van der Waals surface area contributed by atoms with E-state index in [4.69, 9.17) is 23.7 Å². The van der Waals surface area contributed by atoms with Crippen molar-refractivity contribution in [2.24, 2.45) is 0 Å². The minimum Gasteiger partial charge on any atom is -0.508 e. The fourth-order valence-electron chi connectivity index (χ4n) is 5.07. The van der Waals surface area contributed by atoms with E-state index < -0.39 is 85.7 Å². The van der Waals surface area contributed by atoms with Gasteiger partial charge < -0.3 is 64.5 Å². The molecule has 3 heterocycles. The van der Waals surface area contributed by atoms with E-state index in [-0.39, 0.29) is 29.2 Å². The standard InChI is InChI=1S/C27H32O14/c1-10-20(32)22(34)24(36)26(37-10)41-25-23(35)21(33)18(9-28)40-27(25)38-13-6-14(30)19-15(31)8-16(39-17(19)7-13)11-2-4-12(29)5-3-11/h2-7,10,16,18,20-30,32-36H,8-9H2,1H3/t10?,16?,18?,20-,21-,22-,23-,24?,25?,26-,27+/m0/s1. The number of benzene rings is 2. The van der Waals surface area contributed by atoms with Gasteiger partial charge in [0.25, 0.3) is 0 Å². The number of aliphatic hydroxyl groups is 6. The molecule has 3 aliphatic rings. The molecule has 11 atom stereocenters. The summed E-state index contributed by atoms with van der Waals surface area (Å²) in [5.41, 5.74) is 0.529. The molecule has 2 saturated heterocycles. The minimum absolute atomic E-state index is 0.0149. The maximum Gasteiger partial charge on any atom is 0.229 e. The lowest BCUT2D eigenvalue weighted by Gasteiger charge is -2.45. The van der Waals surface area contributed by atoms with Crippen LogP contribution in [0.1, 0.15) is 35.4 Å². The predicted molar refractivity (Wildman–Crippen MR) is 134 cm³/mol. The molecule has 224 valence electrons. The summed E-state index contributed by atoms with van der Waals surface area (Å²) in [6.07, 6.45) is -16.0. The number of hydrogen-bond acceptors (Lipinski definition) is 14. The molecule has 0 aliphatic carbocycles. The Morgan fingerprint density at radius 1 is 0.878 bits per heavy atom. The number of rotatable bonds is 6. The Hall–Kier alpha value is -3.05. The van der Waals surface area contributed by atoms with Crippen LogP contribution in [-0.2, 0) is 14.2 Å². The second kappa shape index (κ2) is 11.7. The molecule has 0 bridgehead atoms. The van der Waals surface area contributed by atoms with Gasteiger partial charge in [0, 0.05) is 12.1 Å². The van der Waals surface area contributed by atoms with Gasteiger partial charge in [-0.1, -0.05) is 12.1 Å². The van der Waals surface area contributed by atoms with Crippen molar-refractivity contribution in [3.8, 4) is 23.0 Å². The molecule has 3 aliphatic heterocycles. The Bertz CT molecular complexity index is 1240. The number of Topliss-reactive ketones (excluding diaryl/α,β-unsaturated/α-hetero) is 1. The fourth-order valence-corrected chi connectivity index (χ4v) is 5.07. The van der Waals surface area contributed by atoms with Gasteiger partial charge in [-0.15, -0.1) is 0 Å². The predicted octanol–water partition coefficient (Wildman–Crippen LogP) is -1.17. The fraction of sp³-hybridized carbons (Fsp3) is 0.519. The summed E-state index contributed by atoms with van der Waals surface area (Å²) in [6.45, 7) is 0.716. The molecule has 5 unspecified atom stereocenters. The van der Waals surface area contributed by atoms with E-state index >= 15 is 0 Å². The maximum atomic E-state index is 12.9. The Kier molecular flexibility index (Phi) is 8.39. The second-order valence-corrected chi connectivity index (χ2v) is 10.2. The number of carbonyl (C=O) groups excluding carboxylic acids is 1. The lowest BCUT2D eigenvalue weighted by atomic mass is 9.95. The highest BCUT2D eigenvalue weighted by molar-refractivity contribution is 6.02. The van der Waals surface area contributed by atoms with Gasteiger partial charge in [-0.25, -0.2) is 0 Å². The average molecular weight is 581 g/mol. The van der Waals surface area contributed by atoms with Gasteiger partial charge in [-0.05, 0) is 24.6 Å². The molecule has 14 nitrogen and oxygen atoms in total. The van der Waals surface area contributed by atoms with E-state index in [2.05, 4.69) is 0 Å². The highest BCUT2D eigenvalue weighted by Crippen LogP contribution is 2.43. The molecular formula is C27H32O14. The summed E-state index contributed by atoms with van der Waals surface area (Å²) in [5, 5.41) is 81.6. The summed E-state index contributed by atoms with van der Waals surface area (Å²) >= 11 is 0. The van der Waals surface area contributed by atoms with Crippen LogP contribution in [0.3, 0.4) is 0 Å². The molecule has 2 aromatic carbocycles. The van der Waals surface area contributed by atoms with E-state index in [1.54, 1.807) is 12.1 Å². The monoisotopic (exact) mass is 580 g/mol. The number of aliphatic hydroxyl groups excluding tert-OH is 6. The van der Waals surface area contributed by atoms with Crippen LogP contribution >= 0.6 is 0 Å². The summed E-state index contributed by atoms with van der Waals surface area (Å²) in [5.74, 6) is -0.947. The molecule has 0 spiro atoms. The molecule has 2 fully saturated rings. The SMILES string of the molecule is CC1O[C@@H](OC2[C@H](Oc3cc(O)c4c(c3)OC(c3ccc(O)cc3)CC4=O)OC(CO)[C@H](O)[C@@H]2O)C(O)[C@@H](O)[C@H]1O. The van der Waals surface area contributed by atoms with Crippen molar-refractivity contribution in [2.45, 2.75) is 80.9 Å². The van der Waals surface area contributed by atoms with Gasteiger partial charge in [-0.3, -0.25) is 4.79 Å². The van der Waals surface area contributed by atoms with Crippen molar-refractivity contribution in [1.82, 2.24) is 0 Å². The maximum absolute atomic E-state index is 12.9. The van der Waals surface area contributed by atoms with Crippen LogP contribution in [-0.4, -0.2) is 115 Å². The van der Waals surface area contributed by atoms with E-state index in [1.807, 2.05) is 0 Å². The number of carbonyl (C=O) groups is 1. The average Bonchev–Trinajstić information content (AvgIpc) is 2.94. The van der Waals surface area contributed by atoms with Crippen LogP contribution in [0.5, 0.6) is 23.0 Å². The van der Waals surface area contributed by atoms with Crippen LogP contribution in [0, 0.1) is 0 Å². The van der Waals surface area contributed by atoms with Crippen molar-refractivity contribution >= 4 is 5.78 Å². The number of aromatic hydroxyl groups is 2. The van der Waals surface area contributed by atoms with Crippen molar-refractivity contribution in [1.29, 1.82) is 0 Å². The number of phenols is 2. The normalized spacial score (nSPS) is 37.2. The summed E-state index contributed by atoms with van der Waals surface area (Å²) in [6, 6.07) is 8.50. The zero-order valence-corrected chi connectivity index (χ0v) is 21.8. The number of hydrogen-bond donors (Lipinski definition) is 8. The number of ketones is 1. The van der Waals surface area contributed by atoms with Gasteiger partial charge in [0.15, 0.2) is 18.2 Å². The van der Waals surface area contributed by atoms with E-state index in [0.717, 1.165) is 6.07 Å². The summed E-state index contributed by atoms with van der Waals surface area (Å²) in [4.78, 5) is 12.9. The number of ether oxygens (including phenoxy) is 5. The van der Waals surface area contributed by atoms with Crippen molar-refractivity contribution < 1.29 is 69.3 Å². The minimum atomic E-state index is -1.75. The molecule has 5 rings (SSSR count). The lowest BCUT2D eigenvalue weighted by molar-refractivity contribution is -0.354. The van der Waals surface area contributed by atoms with Crippen LogP contribution in [0.15, 0.2) is 36.4 Å². The Balaban J connectivity index is 1.41. The highest BCUT2D eigenvalue weighted by atomic mass is 16.8. The third kappa shape index (κ3) is 5.70. The molecule has 0 saturated carbocycles. The van der Waals surface area contributed by atoms with Gasteiger partial charge in [0.05, 0.1) is 19.1 Å². The molecule has 8 N–H and O–H groups in total. The van der Waals surface area contributed by atoms with Gasteiger partial charge in [-0.2, -0.15) is 0 Å². The molecular weight excluding hydrogens is 548 g/mol. The Labute approximate surface area is 233 Å². The molecule has 0 amide bonds. The first-order chi connectivity index (χ1) is 19.5. The first-order valence-corrected chi connectivity index (χ1v) is 13.0. The molecule has 0 aromatic heterocycles. The molecule has 0 radical (unpaired) electrons. The smallest absolute Gasteiger partial charge is 0.229 e.